The molecule has 1 aromatic rings. The van der Waals surface area contributed by atoms with Gasteiger partial charge in [-0.1, -0.05) is 12.1 Å². The van der Waals surface area contributed by atoms with Crippen LogP contribution in [0.2, 0.25) is 0 Å². The summed E-state index contributed by atoms with van der Waals surface area (Å²) in [4.78, 5) is 22.6. The summed E-state index contributed by atoms with van der Waals surface area (Å²) in [5.41, 5.74) is -1.67. The van der Waals surface area contributed by atoms with Gasteiger partial charge in [0.2, 0.25) is 5.60 Å². The van der Waals surface area contributed by atoms with Crippen molar-refractivity contribution in [3.8, 4) is 5.75 Å². The second-order valence-corrected chi connectivity index (χ2v) is 4.52. The highest BCUT2D eigenvalue weighted by atomic mass is 16.6. The van der Waals surface area contributed by atoms with Crippen molar-refractivity contribution in [2.45, 2.75) is 25.6 Å². The Morgan fingerprint density at radius 3 is 2.30 bits per heavy atom. The molecule has 6 heteroatoms. The smallest absolute Gasteiger partial charge is 0.345 e. The second-order valence-electron chi connectivity index (χ2n) is 4.52. The molecule has 1 rings (SSSR count). The summed E-state index contributed by atoms with van der Waals surface area (Å²) in [5.74, 6) is -1.17. The maximum Gasteiger partial charge on any atom is 0.345 e. The number of hydrogen-bond acceptors (Lipinski definition) is 6. The number of carbonyl (C=O) groups is 2. The van der Waals surface area contributed by atoms with Gasteiger partial charge in [-0.2, -0.15) is 0 Å². The average Bonchev–Trinajstić information content (AvgIpc) is 2.44. The first-order valence-electron chi connectivity index (χ1n) is 6.01. The number of benzene rings is 1. The lowest BCUT2D eigenvalue weighted by atomic mass is 10.0. The van der Waals surface area contributed by atoms with E-state index in [-0.39, 0.29) is 6.61 Å². The maximum atomic E-state index is 11.5. The van der Waals surface area contributed by atoms with Crippen LogP contribution in [-0.2, 0) is 14.3 Å². The fraction of sp³-hybridized carbons (Fsp3) is 0.429. The Balaban J connectivity index is 2.60. The van der Waals surface area contributed by atoms with E-state index in [9.17, 15) is 19.8 Å². The summed E-state index contributed by atoms with van der Waals surface area (Å²) in [7, 11) is 1.52. The minimum Gasteiger partial charge on any atom is -0.497 e. The topological polar surface area (TPSA) is 93.1 Å². The number of aliphatic hydroxyl groups is 2. The Morgan fingerprint density at radius 1 is 1.30 bits per heavy atom. The molecule has 2 N–H and O–H groups in total. The summed E-state index contributed by atoms with van der Waals surface area (Å²) < 4.78 is 9.73. The van der Waals surface area contributed by atoms with Gasteiger partial charge >= 0.3 is 5.97 Å². The van der Waals surface area contributed by atoms with Crippen molar-refractivity contribution in [3.05, 3.63) is 29.8 Å². The van der Waals surface area contributed by atoms with E-state index >= 15 is 0 Å². The standard InChI is InChI=1S/C14H18O6/c1-9(15)14(2,18)13(17)20-8-12(16)10-4-6-11(19-3)7-5-10/h4-7,12,16,18H,8H2,1-3H3/t12-,14+/m0/s1. The van der Waals surface area contributed by atoms with Crippen molar-refractivity contribution in [3.63, 3.8) is 0 Å². The first-order chi connectivity index (χ1) is 9.28. The highest BCUT2D eigenvalue weighted by Gasteiger charge is 2.37. The number of esters is 1. The molecule has 0 heterocycles. The van der Waals surface area contributed by atoms with E-state index in [1.807, 2.05) is 0 Å². The predicted molar refractivity (Wildman–Crippen MR) is 70.2 cm³/mol. The molecule has 0 aliphatic carbocycles. The number of carbonyl (C=O) groups excluding carboxylic acids is 2. The minimum atomic E-state index is -2.19. The molecule has 1 aromatic carbocycles. The van der Waals surface area contributed by atoms with Crippen LogP contribution in [0.4, 0.5) is 0 Å². The van der Waals surface area contributed by atoms with Crippen LogP contribution >= 0.6 is 0 Å². The molecule has 0 saturated carbocycles. The van der Waals surface area contributed by atoms with E-state index in [1.165, 1.54) is 7.11 Å². The van der Waals surface area contributed by atoms with Crippen LogP contribution in [0.3, 0.4) is 0 Å². The van der Waals surface area contributed by atoms with E-state index in [1.54, 1.807) is 24.3 Å². The molecule has 0 aliphatic rings. The Kier molecular flexibility index (Phi) is 5.24. The van der Waals surface area contributed by atoms with Gasteiger partial charge in [-0.25, -0.2) is 4.79 Å². The van der Waals surface area contributed by atoms with Crippen molar-refractivity contribution in [2.75, 3.05) is 13.7 Å². The molecule has 6 nitrogen and oxygen atoms in total. The Bertz CT molecular complexity index is 477. The largest absolute Gasteiger partial charge is 0.497 e. The van der Waals surface area contributed by atoms with Gasteiger partial charge in [0.05, 0.1) is 7.11 Å². The molecule has 0 bridgehead atoms. The zero-order valence-corrected chi connectivity index (χ0v) is 11.6. The lowest BCUT2D eigenvalue weighted by Gasteiger charge is -2.19. The van der Waals surface area contributed by atoms with E-state index in [2.05, 4.69) is 0 Å². The molecule has 0 radical (unpaired) electrons. The summed E-state index contributed by atoms with van der Waals surface area (Å²) in [6.45, 7) is 1.78. The number of hydrogen-bond donors (Lipinski definition) is 2. The maximum absolute atomic E-state index is 11.5. The molecule has 0 unspecified atom stereocenters. The Morgan fingerprint density at radius 2 is 1.85 bits per heavy atom. The van der Waals surface area contributed by atoms with Gasteiger partial charge in [-0.15, -0.1) is 0 Å². The summed E-state index contributed by atoms with van der Waals surface area (Å²) in [6, 6.07) is 6.57. The van der Waals surface area contributed by atoms with Gasteiger partial charge in [0.1, 0.15) is 18.5 Å². The van der Waals surface area contributed by atoms with Gasteiger partial charge in [-0.05, 0) is 31.5 Å². The third-order valence-electron chi connectivity index (χ3n) is 2.96. The fourth-order valence-corrected chi connectivity index (χ4v) is 1.36. The zero-order chi connectivity index (χ0) is 15.3. The molecular weight excluding hydrogens is 264 g/mol. The van der Waals surface area contributed by atoms with Crippen LogP contribution in [0.15, 0.2) is 24.3 Å². The van der Waals surface area contributed by atoms with Crippen molar-refractivity contribution in [1.82, 2.24) is 0 Å². The third kappa shape index (κ3) is 3.79. The van der Waals surface area contributed by atoms with Crippen molar-refractivity contribution in [1.29, 1.82) is 0 Å². The molecule has 0 aliphatic heterocycles. The minimum absolute atomic E-state index is 0.353. The Hall–Kier alpha value is -1.92. The van der Waals surface area contributed by atoms with Crippen LogP contribution in [0.25, 0.3) is 0 Å². The molecule has 2 atom stereocenters. The lowest BCUT2D eigenvalue weighted by molar-refractivity contribution is -0.170. The lowest BCUT2D eigenvalue weighted by Crippen LogP contribution is -2.43. The van der Waals surface area contributed by atoms with Crippen molar-refractivity contribution < 1.29 is 29.3 Å². The molecule has 20 heavy (non-hydrogen) atoms. The molecule has 0 spiro atoms. The third-order valence-corrected chi connectivity index (χ3v) is 2.96. The van der Waals surface area contributed by atoms with Gasteiger partial charge < -0.3 is 19.7 Å². The van der Waals surface area contributed by atoms with Gasteiger partial charge in [0, 0.05) is 0 Å². The van der Waals surface area contributed by atoms with Crippen molar-refractivity contribution >= 4 is 11.8 Å². The monoisotopic (exact) mass is 282 g/mol. The molecule has 0 saturated heterocycles. The van der Waals surface area contributed by atoms with E-state index in [0.717, 1.165) is 13.8 Å². The van der Waals surface area contributed by atoms with Crippen molar-refractivity contribution in [2.24, 2.45) is 0 Å². The summed E-state index contributed by atoms with van der Waals surface area (Å²) >= 11 is 0. The molecule has 0 aromatic heterocycles. The SMILES string of the molecule is COc1ccc([C@@H](O)COC(=O)[C@](C)(O)C(C)=O)cc1. The van der Waals surface area contributed by atoms with E-state index < -0.39 is 23.5 Å². The van der Waals surface area contributed by atoms with Crippen LogP contribution in [0.5, 0.6) is 5.75 Å². The first-order valence-corrected chi connectivity index (χ1v) is 6.01. The van der Waals surface area contributed by atoms with E-state index in [4.69, 9.17) is 9.47 Å². The van der Waals surface area contributed by atoms with Crippen LogP contribution in [-0.4, -0.2) is 41.3 Å². The fourth-order valence-electron chi connectivity index (χ4n) is 1.36. The number of rotatable bonds is 6. The molecule has 0 fully saturated rings. The van der Waals surface area contributed by atoms with Gasteiger partial charge in [0.15, 0.2) is 5.78 Å². The number of ether oxygens (including phenoxy) is 2. The molecule has 110 valence electrons. The highest BCUT2D eigenvalue weighted by Crippen LogP contribution is 2.18. The van der Waals surface area contributed by atoms with Crippen LogP contribution in [0.1, 0.15) is 25.5 Å². The van der Waals surface area contributed by atoms with Gasteiger partial charge in [0.25, 0.3) is 0 Å². The van der Waals surface area contributed by atoms with Crippen LogP contribution < -0.4 is 4.74 Å². The number of aliphatic hydroxyl groups excluding tert-OH is 1. The number of Topliss-reactive ketones (excluding diaryl/α,β-unsaturated/α-hetero) is 1. The summed E-state index contributed by atoms with van der Waals surface area (Å²) in [6.07, 6.45) is -1.05. The normalized spacial score (nSPS) is 15.1. The van der Waals surface area contributed by atoms with Crippen LogP contribution in [0, 0.1) is 0 Å². The van der Waals surface area contributed by atoms with Gasteiger partial charge in [-0.3, -0.25) is 4.79 Å². The zero-order valence-electron chi connectivity index (χ0n) is 11.6. The highest BCUT2D eigenvalue weighted by molar-refractivity contribution is 6.05. The summed E-state index contributed by atoms with van der Waals surface area (Å²) in [5, 5.41) is 19.4. The number of methoxy groups -OCH3 is 1. The average molecular weight is 282 g/mol. The molecule has 0 amide bonds. The second kappa shape index (κ2) is 6.49. The predicted octanol–water partition coefficient (Wildman–Crippen LogP) is 0.612. The Labute approximate surface area is 116 Å². The molecular formula is C14H18O6. The van der Waals surface area contributed by atoms with E-state index in [0.29, 0.717) is 11.3 Å². The number of ketones is 1. The quantitative estimate of drug-likeness (QED) is 0.586. The first kappa shape index (κ1) is 16.1.